The monoisotopic (exact) mass is 285 g/mol. The average Bonchev–Trinajstić information content (AvgIpc) is 2.48. The van der Waals surface area contributed by atoms with Gasteiger partial charge in [0.05, 0.1) is 6.10 Å². The fourth-order valence-corrected chi connectivity index (χ4v) is 3.21. The lowest BCUT2D eigenvalue weighted by Crippen LogP contribution is -2.39. The van der Waals surface area contributed by atoms with Gasteiger partial charge in [-0.05, 0) is 32.1 Å². The van der Waals surface area contributed by atoms with Gasteiger partial charge in [-0.1, -0.05) is 36.4 Å². The van der Waals surface area contributed by atoms with E-state index in [0.717, 1.165) is 35.8 Å². The Morgan fingerprint density at radius 2 is 2.05 bits per heavy atom. The molecule has 2 N–H and O–H groups in total. The second-order valence-corrected chi connectivity index (χ2v) is 6.02. The van der Waals surface area contributed by atoms with Crippen LogP contribution in [0.25, 0.3) is 10.8 Å². The first kappa shape index (κ1) is 14.4. The van der Waals surface area contributed by atoms with Crippen LogP contribution >= 0.6 is 0 Å². The van der Waals surface area contributed by atoms with Crippen molar-refractivity contribution in [2.75, 3.05) is 6.61 Å². The van der Waals surface area contributed by atoms with Gasteiger partial charge in [0.1, 0.15) is 5.75 Å². The maximum Gasteiger partial charge on any atom is 0.128 e. The van der Waals surface area contributed by atoms with E-state index in [1.54, 1.807) is 0 Å². The van der Waals surface area contributed by atoms with Crippen LogP contribution in [0, 0.1) is 0 Å². The zero-order valence-electron chi connectivity index (χ0n) is 12.7. The van der Waals surface area contributed by atoms with Gasteiger partial charge >= 0.3 is 0 Å². The summed E-state index contributed by atoms with van der Waals surface area (Å²) < 4.78 is 5.59. The first-order chi connectivity index (χ1) is 10.1. The lowest BCUT2D eigenvalue weighted by Gasteiger charge is -2.31. The van der Waals surface area contributed by atoms with Gasteiger partial charge in [0, 0.05) is 29.6 Å². The van der Waals surface area contributed by atoms with Crippen LogP contribution in [-0.2, 0) is 4.74 Å². The first-order valence-electron chi connectivity index (χ1n) is 7.73. The third-order valence-electron chi connectivity index (χ3n) is 4.37. The van der Waals surface area contributed by atoms with Crippen LogP contribution in [-0.4, -0.2) is 23.9 Å². The molecule has 3 nitrogen and oxygen atoms in total. The Labute approximate surface area is 125 Å². The van der Waals surface area contributed by atoms with Gasteiger partial charge in [0.25, 0.3) is 0 Å². The topological polar surface area (TPSA) is 41.5 Å². The minimum Gasteiger partial charge on any atom is -0.507 e. The number of fused-ring (bicyclic) bond motifs is 1. The lowest BCUT2D eigenvalue weighted by atomic mass is 9.98. The second-order valence-electron chi connectivity index (χ2n) is 6.02. The fourth-order valence-electron chi connectivity index (χ4n) is 3.21. The highest BCUT2D eigenvalue weighted by Crippen LogP contribution is 2.33. The van der Waals surface area contributed by atoms with Crippen molar-refractivity contribution in [3.05, 3.63) is 42.0 Å². The number of phenols is 1. The maximum atomic E-state index is 10.5. The molecule has 1 heterocycles. The van der Waals surface area contributed by atoms with Gasteiger partial charge in [-0.25, -0.2) is 0 Å². The van der Waals surface area contributed by atoms with E-state index in [1.807, 2.05) is 30.3 Å². The first-order valence-corrected chi connectivity index (χ1v) is 7.73. The van der Waals surface area contributed by atoms with Crippen LogP contribution in [0.2, 0.25) is 0 Å². The van der Waals surface area contributed by atoms with Crippen LogP contribution in [0.15, 0.2) is 36.4 Å². The van der Waals surface area contributed by atoms with E-state index < -0.39 is 0 Å². The Bertz CT molecular complexity index is 626. The predicted molar refractivity (Wildman–Crippen MR) is 85.6 cm³/mol. The molecule has 2 aromatic carbocycles. The van der Waals surface area contributed by atoms with Gasteiger partial charge in [-0.2, -0.15) is 0 Å². The molecule has 0 aromatic heterocycles. The van der Waals surface area contributed by atoms with Crippen LogP contribution in [0.3, 0.4) is 0 Å². The molecule has 0 saturated carbocycles. The summed E-state index contributed by atoms with van der Waals surface area (Å²) in [4.78, 5) is 0. The largest absolute Gasteiger partial charge is 0.507 e. The number of rotatable bonds is 3. The molecule has 0 bridgehead atoms. The minimum atomic E-state index is 0.130. The number of benzene rings is 2. The number of hydrogen-bond donors (Lipinski definition) is 2. The highest BCUT2D eigenvalue weighted by Gasteiger charge is 2.22. The number of hydrogen-bond acceptors (Lipinski definition) is 3. The third kappa shape index (κ3) is 3.04. The summed E-state index contributed by atoms with van der Waals surface area (Å²) in [6, 6.07) is 12.6. The molecule has 1 aliphatic rings. The van der Waals surface area contributed by atoms with Crippen molar-refractivity contribution in [1.82, 2.24) is 5.32 Å². The number of nitrogens with one attached hydrogen (secondary N) is 1. The van der Waals surface area contributed by atoms with Crippen LogP contribution in [0.5, 0.6) is 5.75 Å². The summed E-state index contributed by atoms with van der Waals surface area (Å²) in [5.74, 6) is 0.396. The van der Waals surface area contributed by atoms with Crippen molar-refractivity contribution in [1.29, 1.82) is 0 Å². The molecule has 0 radical (unpaired) electrons. The lowest BCUT2D eigenvalue weighted by molar-refractivity contribution is 0.0115. The van der Waals surface area contributed by atoms with Crippen molar-refractivity contribution in [2.45, 2.75) is 44.9 Å². The van der Waals surface area contributed by atoms with Crippen molar-refractivity contribution in [3.63, 3.8) is 0 Å². The van der Waals surface area contributed by atoms with Gasteiger partial charge < -0.3 is 15.2 Å². The number of ether oxygens (including phenoxy) is 1. The molecule has 112 valence electrons. The summed E-state index contributed by atoms with van der Waals surface area (Å²) in [5, 5.41) is 16.2. The molecule has 21 heavy (non-hydrogen) atoms. The summed E-state index contributed by atoms with van der Waals surface area (Å²) in [6.45, 7) is 5.05. The molecule has 3 atom stereocenters. The molecule has 3 heteroatoms. The molecule has 2 aromatic rings. The van der Waals surface area contributed by atoms with Crippen molar-refractivity contribution in [2.24, 2.45) is 0 Å². The van der Waals surface area contributed by atoms with Crippen LogP contribution in [0.4, 0.5) is 0 Å². The average molecular weight is 285 g/mol. The summed E-state index contributed by atoms with van der Waals surface area (Å²) in [7, 11) is 0. The smallest absolute Gasteiger partial charge is 0.128 e. The van der Waals surface area contributed by atoms with Gasteiger partial charge in [0.2, 0.25) is 0 Å². The Hall–Kier alpha value is -1.58. The highest BCUT2D eigenvalue weighted by molar-refractivity contribution is 5.89. The number of phenolic OH excluding ortho intramolecular Hbond substituents is 1. The molecular weight excluding hydrogens is 262 g/mol. The molecule has 3 unspecified atom stereocenters. The van der Waals surface area contributed by atoms with Crippen LogP contribution in [0.1, 0.15) is 38.3 Å². The zero-order chi connectivity index (χ0) is 14.8. The summed E-state index contributed by atoms with van der Waals surface area (Å²) >= 11 is 0. The van der Waals surface area contributed by atoms with E-state index >= 15 is 0 Å². The standard InChI is InChI=1S/C18H23NO2/c1-12-11-15(9-10-21-12)19-13(2)16-8-7-14-5-3-4-6-17(14)18(16)20/h3-8,12-13,15,19-20H,9-11H2,1-2H3. The SMILES string of the molecule is CC1CC(NC(C)c2ccc3ccccc3c2O)CCO1. The number of aromatic hydroxyl groups is 1. The molecule has 1 fully saturated rings. The van der Waals surface area contributed by atoms with E-state index in [1.165, 1.54) is 0 Å². The summed E-state index contributed by atoms with van der Waals surface area (Å²) in [6.07, 6.45) is 2.37. The molecule has 0 amide bonds. The van der Waals surface area contributed by atoms with Crippen molar-refractivity contribution < 1.29 is 9.84 Å². The highest BCUT2D eigenvalue weighted by atomic mass is 16.5. The van der Waals surface area contributed by atoms with E-state index in [2.05, 4.69) is 25.2 Å². The molecule has 1 saturated heterocycles. The van der Waals surface area contributed by atoms with Crippen LogP contribution < -0.4 is 5.32 Å². The van der Waals surface area contributed by atoms with Gasteiger partial charge in [0.15, 0.2) is 0 Å². The Balaban J connectivity index is 1.81. The van der Waals surface area contributed by atoms with Crippen molar-refractivity contribution >= 4 is 10.8 Å². The Morgan fingerprint density at radius 3 is 2.86 bits per heavy atom. The van der Waals surface area contributed by atoms with Gasteiger partial charge in [-0.3, -0.25) is 0 Å². The fraction of sp³-hybridized carbons (Fsp3) is 0.444. The van der Waals surface area contributed by atoms with E-state index in [0.29, 0.717) is 17.9 Å². The molecule has 3 rings (SSSR count). The third-order valence-corrected chi connectivity index (χ3v) is 4.37. The van der Waals surface area contributed by atoms with E-state index in [4.69, 9.17) is 4.74 Å². The van der Waals surface area contributed by atoms with Crippen molar-refractivity contribution in [3.8, 4) is 5.75 Å². The molecule has 1 aliphatic heterocycles. The molecule has 0 aliphatic carbocycles. The quantitative estimate of drug-likeness (QED) is 0.902. The summed E-state index contributed by atoms with van der Waals surface area (Å²) in [5.41, 5.74) is 0.966. The Kier molecular flexibility index (Phi) is 4.13. The maximum absolute atomic E-state index is 10.5. The van der Waals surface area contributed by atoms with Gasteiger partial charge in [-0.15, -0.1) is 0 Å². The molecule has 0 spiro atoms. The normalized spacial score (nSPS) is 24.1. The zero-order valence-corrected chi connectivity index (χ0v) is 12.7. The van der Waals surface area contributed by atoms with E-state index in [-0.39, 0.29) is 6.04 Å². The second kappa shape index (κ2) is 6.04. The predicted octanol–water partition coefficient (Wildman–Crippen LogP) is 3.76. The van der Waals surface area contributed by atoms with E-state index in [9.17, 15) is 5.11 Å². The molecular formula is C18H23NO2. The minimum absolute atomic E-state index is 0.130. The Morgan fingerprint density at radius 1 is 1.24 bits per heavy atom.